The summed E-state index contributed by atoms with van der Waals surface area (Å²) in [5.41, 5.74) is 4.65. The van der Waals surface area contributed by atoms with Crippen molar-refractivity contribution in [3.8, 4) is 0 Å². The first-order valence-corrected chi connectivity index (χ1v) is 11.2. The zero-order valence-corrected chi connectivity index (χ0v) is 19.2. The molecule has 1 amide bonds. The maximum Gasteiger partial charge on any atom is 0.261 e. The van der Waals surface area contributed by atoms with Crippen molar-refractivity contribution in [2.75, 3.05) is 11.1 Å². The second-order valence-electron chi connectivity index (χ2n) is 7.75. The Bertz CT molecular complexity index is 1360. The Hall–Kier alpha value is -3.46. The molecule has 1 aromatic carbocycles. The summed E-state index contributed by atoms with van der Waals surface area (Å²) in [6.45, 7) is 5.77. The fourth-order valence-electron chi connectivity index (χ4n) is 3.34. The number of carbonyl (C=O) groups excluding carboxylic acids is 1. The van der Waals surface area contributed by atoms with E-state index in [0.29, 0.717) is 34.3 Å². The Kier molecular flexibility index (Phi) is 6.09. The zero-order valence-electron chi connectivity index (χ0n) is 18.4. The molecule has 0 saturated carbocycles. The third-order valence-corrected chi connectivity index (χ3v) is 6.22. The smallest absolute Gasteiger partial charge is 0.261 e. The number of aromatic nitrogens is 5. The monoisotopic (exact) mass is 448 g/mol. The van der Waals surface area contributed by atoms with Gasteiger partial charge in [-0.05, 0) is 44.5 Å². The predicted molar refractivity (Wildman–Crippen MR) is 125 cm³/mol. The number of aryl methyl sites for hydroxylation is 3. The van der Waals surface area contributed by atoms with Crippen molar-refractivity contribution < 1.29 is 4.79 Å². The lowest BCUT2D eigenvalue weighted by atomic mass is 10.1. The first-order valence-electron chi connectivity index (χ1n) is 10.2. The van der Waals surface area contributed by atoms with Crippen LogP contribution in [0.3, 0.4) is 0 Å². The van der Waals surface area contributed by atoms with Gasteiger partial charge < -0.3 is 9.88 Å². The largest absolute Gasteiger partial charge is 0.325 e. The van der Waals surface area contributed by atoms with Gasteiger partial charge in [0.25, 0.3) is 5.56 Å². The molecule has 1 N–H and O–H groups in total. The fraction of sp³-hybridized carbons (Fsp3) is 0.261. The van der Waals surface area contributed by atoms with Crippen molar-refractivity contribution in [3.63, 3.8) is 0 Å². The molecule has 164 valence electrons. The second kappa shape index (κ2) is 8.96. The third-order valence-electron chi connectivity index (χ3n) is 5.20. The van der Waals surface area contributed by atoms with Gasteiger partial charge in [-0.2, -0.15) is 0 Å². The van der Waals surface area contributed by atoms with E-state index in [0.717, 1.165) is 16.8 Å². The molecule has 0 spiro atoms. The lowest BCUT2D eigenvalue weighted by Crippen LogP contribution is -2.22. The van der Waals surface area contributed by atoms with Crippen LogP contribution in [-0.4, -0.2) is 35.8 Å². The molecule has 0 atom stereocenters. The minimum atomic E-state index is -0.119. The lowest BCUT2D eigenvalue weighted by Gasteiger charge is -2.09. The summed E-state index contributed by atoms with van der Waals surface area (Å²) in [7, 11) is 1.83. The number of pyridine rings is 1. The van der Waals surface area contributed by atoms with Crippen LogP contribution in [0.1, 0.15) is 28.2 Å². The number of anilines is 1. The van der Waals surface area contributed by atoms with Gasteiger partial charge in [0.15, 0.2) is 5.16 Å². The third kappa shape index (κ3) is 4.57. The average Bonchev–Trinajstić information content (AvgIpc) is 3.11. The molecule has 4 rings (SSSR count). The lowest BCUT2D eigenvalue weighted by molar-refractivity contribution is -0.113. The number of thioether (sulfide) groups is 1. The van der Waals surface area contributed by atoms with E-state index >= 15 is 0 Å². The van der Waals surface area contributed by atoms with Gasteiger partial charge in [0.1, 0.15) is 11.5 Å². The summed E-state index contributed by atoms with van der Waals surface area (Å²) in [4.78, 5) is 29.9. The van der Waals surface area contributed by atoms with Crippen LogP contribution in [0.15, 0.2) is 52.5 Å². The van der Waals surface area contributed by atoms with E-state index in [1.807, 2.05) is 68.8 Å². The van der Waals surface area contributed by atoms with Crippen molar-refractivity contribution in [1.82, 2.24) is 24.1 Å². The highest BCUT2D eigenvalue weighted by molar-refractivity contribution is 7.99. The van der Waals surface area contributed by atoms with Gasteiger partial charge >= 0.3 is 0 Å². The highest BCUT2D eigenvalue weighted by atomic mass is 32.2. The minimum Gasteiger partial charge on any atom is -0.325 e. The van der Waals surface area contributed by atoms with Gasteiger partial charge in [-0.3, -0.25) is 14.0 Å². The number of nitrogens with one attached hydrogen (secondary N) is 1. The van der Waals surface area contributed by atoms with Crippen molar-refractivity contribution in [2.45, 2.75) is 32.3 Å². The van der Waals surface area contributed by atoms with Crippen LogP contribution in [0, 0.1) is 20.8 Å². The quantitative estimate of drug-likeness (QED) is 0.456. The van der Waals surface area contributed by atoms with E-state index in [2.05, 4.69) is 20.5 Å². The number of nitrogens with zero attached hydrogens (tertiary/aromatic N) is 5. The normalized spacial score (nSPS) is 11.1. The first kappa shape index (κ1) is 21.8. The molecule has 32 heavy (non-hydrogen) atoms. The van der Waals surface area contributed by atoms with E-state index < -0.39 is 0 Å². The van der Waals surface area contributed by atoms with Crippen molar-refractivity contribution in [3.05, 3.63) is 81.2 Å². The van der Waals surface area contributed by atoms with Gasteiger partial charge in [-0.1, -0.05) is 35.5 Å². The van der Waals surface area contributed by atoms with E-state index in [1.54, 1.807) is 10.6 Å². The summed E-state index contributed by atoms with van der Waals surface area (Å²) < 4.78 is 3.38. The molecule has 3 aromatic heterocycles. The predicted octanol–water partition coefficient (Wildman–Crippen LogP) is 3.07. The molecule has 3 heterocycles. The molecule has 0 aliphatic carbocycles. The van der Waals surface area contributed by atoms with Gasteiger partial charge in [0.05, 0.1) is 5.75 Å². The summed E-state index contributed by atoms with van der Waals surface area (Å²) >= 11 is 1.30. The average molecular weight is 449 g/mol. The Morgan fingerprint density at radius 1 is 1.03 bits per heavy atom. The van der Waals surface area contributed by atoms with Gasteiger partial charge in [0, 0.05) is 36.6 Å². The molecule has 8 nitrogen and oxygen atoms in total. The molecular weight excluding hydrogens is 424 g/mol. The molecular formula is C23H24N6O2S. The fourth-order valence-corrected chi connectivity index (χ4v) is 4.07. The summed E-state index contributed by atoms with van der Waals surface area (Å²) in [5, 5.41) is 11.9. The maximum absolute atomic E-state index is 13.0. The molecule has 0 aliphatic rings. The second-order valence-corrected chi connectivity index (χ2v) is 8.70. The number of hydrogen-bond donors (Lipinski definition) is 1. The molecule has 9 heteroatoms. The highest BCUT2D eigenvalue weighted by Crippen LogP contribution is 2.18. The summed E-state index contributed by atoms with van der Waals surface area (Å²) in [6.07, 6.45) is 2.10. The Labute approximate surface area is 189 Å². The Balaban J connectivity index is 1.48. The van der Waals surface area contributed by atoms with Crippen molar-refractivity contribution in [1.29, 1.82) is 0 Å². The molecule has 0 unspecified atom stereocenters. The molecule has 0 saturated heterocycles. The Morgan fingerprint density at radius 2 is 1.75 bits per heavy atom. The first-order chi connectivity index (χ1) is 15.3. The highest BCUT2D eigenvalue weighted by Gasteiger charge is 2.16. The van der Waals surface area contributed by atoms with Crippen LogP contribution in [0.5, 0.6) is 0 Å². The van der Waals surface area contributed by atoms with Crippen molar-refractivity contribution in [2.24, 2.45) is 7.05 Å². The molecule has 0 radical (unpaired) electrons. The molecule has 0 aliphatic heterocycles. The molecule has 4 aromatic rings. The van der Waals surface area contributed by atoms with Gasteiger partial charge in [-0.15, -0.1) is 10.2 Å². The van der Waals surface area contributed by atoms with Crippen LogP contribution in [-0.2, 0) is 18.3 Å². The SMILES string of the molecule is Cc1ccc(NC(=O)CSc2nnc(Cc3c(C)nc4ccc(C)cn4c3=O)n2C)cc1. The van der Waals surface area contributed by atoms with Crippen LogP contribution in [0.2, 0.25) is 0 Å². The van der Waals surface area contributed by atoms with E-state index in [-0.39, 0.29) is 17.2 Å². The molecule has 0 bridgehead atoms. The van der Waals surface area contributed by atoms with Crippen LogP contribution in [0.4, 0.5) is 5.69 Å². The van der Waals surface area contributed by atoms with Crippen LogP contribution >= 0.6 is 11.8 Å². The molecule has 0 fully saturated rings. The van der Waals surface area contributed by atoms with Gasteiger partial charge in [0.2, 0.25) is 5.91 Å². The zero-order chi connectivity index (χ0) is 22.8. The topological polar surface area (TPSA) is 94.2 Å². The van der Waals surface area contributed by atoms with Crippen LogP contribution < -0.4 is 10.9 Å². The number of fused-ring (bicyclic) bond motifs is 1. The minimum absolute atomic E-state index is 0.106. The van der Waals surface area contributed by atoms with Crippen LogP contribution in [0.25, 0.3) is 5.65 Å². The number of amides is 1. The van der Waals surface area contributed by atoms with Gasteiger partial charge in [-0.25, -0.2) is 4.98 Å². The number of hydrogen-bond acceptors (Lipinski definition) is 6. The maximum atomic E-state index is 13.0. The van der Waals surface area contributed by atoms with E-state index in [9.17, 15) is 9.59 Å². The number of rotatable bonds is 6. The number of carbonyl (C=O) groups is 1. The van der Waals surface area contributed by atoms with E-state index in [4.69, 9.17) is 0 Å². The number of benzene rings is 1. The standard InChI is InChI=1S/C23H24N6O2S/c1-14-5-8-17(9-6-14)25-21(30)13-32-23-27-26-20(28(23)4)11-18-16(3)24-19-10-7-15(2)12-29(19)22(18)31/h5-10,12H,11,13H2,1-4H3,(H,25,30). The summed E-state index contributed by atoms with van der Waals surface area (Å²) in [5.74, 6) is 0.728. The van der Waals surface area contributed by atoms with E-state index in [1.165, 1.54) is 11.8 Å². The van der Waals surface area contributed by atoms with Crippen molar-refractivity contribution >= 4 is 29.0 Å². The summed E-state index contributed by atoms with van der Waals surface area (Å²) in [6, 6.07) is 11.4. The Morgan fingerprint density at radius 3 is 2.50 bits per heavy atom.